The number of alkyl halides is 3. The molecule has 0 aromatic carbocycles. The Morgan fingerprint density at radius 2 is 2.07 bits per heavy atom. The quantitative estimate of drug-likeness (QED) is 0.303. The van der Waals surface area contributed by atoms with Gasteiger partial charge in [-0.25, -0.2) is 0 Å². The van der Waals surface area contributed by atoms with Crippen LogP contribution in [0.25, 0.3) is 0 Å². The average Bonchev–Trinajstić information content (AvgIpc) is 2.00. The molecule has 0 atom stereocenters. The summed E-state index contributed by atoms with van der Waals surface area (Å²) >= 11 is 0. The third kappa shape index (κ3) is 5.22. The number of rotatable bonds is 3. The number of nitrogens with two attached hydrogens (primary N) is 1. The van der Waals surface area contributed by atoms with Crippen molar-refractivity contribution >= 4 is 11.7 Å². The fourth-order valence-corrected chi connectivity index (χ4v) is 0.669. The molecule has 0 fully saturated rings. The highest BCUT2D eigenvalue weighted by Gasteiger charge is 2.32. The second-order valence-corrected chi connectivity index (χ2v) is 2.63. The largest absolute Gasteiger partial charge is 0.409 e. The van der Waals surface area contributed by atoms with E-state index in [9.17, 15) is 18.0 Å². The fraction of sp³-hybridized carbons (Fsp3) is 0.667. The summed E-state index contributed by atoms with van der Waals surface area (Å²) in [6, 6.07) is 0. The Morgan fingerprint density at radius 1 is 1.57 bits per heavy atom. The molecule has 0 aromatic rings. The number of carbonyl (C=O) groups excluding carboxylic acids is 1. The Hall–Kier alpha value is -1.47. The number of oxime groups is 1. The molecule has 14 heavy (non-hydrogen) atoms. The van der Waals surface area contributed by atoms with Crippen LogP contribution in [0.3, 0.4) is 0 Å². The second-order valence-electron chi connectivity index (χ2n) is 2.63. The Labute approximate surface area is 78.0 Å². The first-order valence-corrected chi connectivity index (χ1v) is 3.53. The number of likely N-dealkylation sites (N-methyl/N-ethyl adjacent to an activating group) is 1. The minimum absolute atomic E-state index is 0.331. The maximum absolute atomic E-state index is 11.7. The first-order chi connectivity index (χ1) is 6.26. The van der Waals surface area contributed by atoms with Crippen molar-refractivity contribution in [1.82, 2.24) is 4.90 Å². The van der Waals surface area contributed by atoms with Gasteiger partial charge in [0, 0.05) is 7.05 Å². The lowest BCUT2D eigenvalue weighted by molar-refractivity contribution is -0.159. The van der Waals surface area contributed by atoms with Gasteiger partial charge in [-0.1, -0.05) is 5.16 Å². The van der Waals surface area contributed by atoms with E-state index in [-0.39, 0.29) is 12.4 Å². The molecule has 1 amide bonds. The fourth-order valence-electron chi connectivity index (χ4n) is 0.669. The molecule has 3 N–H and O–H groups in total. The molecule has 0 aromatic heterocycles. The van der Waals surface area contributed by atoms with Gasteiger partial charge in [0.15, 0.2) is 5.84 Å². The lowest BCUT2D eigenvalue weighted by atomic mass is 10.3. The van der Waals surface area contributed by atoms with E-state index in [2.05, 4.69) is 5.16 Å². The minimum Gasteiger partial charge on any atom is -0.409 e. The number of halogens is 3. The summed E-state index contributed by atoms with van der Waals surface area (Å²) in [6.45, 7) is -0.342. The Balaban J connectivity index is 4.14. The zero-order chi connectivity index (χ0) is 11.4. The van der Waals surface area contributed by atoms with Gasteiger partial charge in [0.05, 0.1) is 6.54 Å². The van der Waals surface area contributed by atoms with Crippen molar-refractivity contribution in [3.05, 3.63) is 0 Å². The molecule has 0 saturated heterocycles. The lowest BCUT2D eigenvalue weighted by Gasteiger charge is -2.16. The van der Waals surface area contributed by atoms with Gasteiger partial charge in [-0.15, -0.1) is 0 Å². The van der Waals surface area contributed by atoms with Crippen LogP contribution in [0, 0.1) is 0 Å². The highest BCUT2D eigenvalue weighted by Crippen LogP contribution is 2.20. The van der Waals surface area contributed by atoms with Gasteiger partial charge in [-0.2, -0.15) is 13.2 Å². The van der Waals surface area contributed by atoms with Crippen molar-refractivity contribution in [3.8, 4) is 0 Å². The van der Waals surface area contributed by atoms with Gasteiger partial charge in [0.1, 0.15) is 6.42 Å². The maximum Gasteiger partial charge on any atom is 0.397 e. The molecule has 0 radical (unpaired) electrons. The second kappa shape index (κ2) is 4.68. The smallest absolute Gasteiger partial charge is 0.397 e. The van der Waals surface area contributed by atoms with Crippen molar-refractivity contribution < 1.29 is 23.2 Å². The molecule has 0 unspecified atom stereocenters. The molecule has 0 aliphatic heterocycles. The molecule has 0 aliphatic rings. The molecule has 5 nitrogen and oxygen atoms in total. The van der Waals surface area contributed by atoms with Crippen molar-refractivity contribution in [2.45, 2.75) is 12.6 Å². The molecule has 0 aliphatic carbocycles. The first kappa shape index (κ1) is 12.5. The summed E-state index contributed by atoms with van der Waals surface area (Å²) in [5.41, 5.74) is 5.00. The number of hydrogen-bond acceptors (Lipinski definition) is 3. The van der Waals surface area contributed by atoms with Crippen LogP contribution < -0.4 is 5.73 Å². The summed E-state index contributed by atoms with van der Waals surface area (Å²) in [4.78, 5) is 11.5. The molecule has 0 rings (SSSR count). The van der Waals surface area contributed by atoms with E-state index in [0.29, 0.717) is 0 Å². The SMILES string of the molecule is CN(CC(N)=NO)C(=O)CC(F)(F)F. The topological polar surface area (TPSA) is 78.9 Å². The average molecular weight is 213 g/mol. The number of carbonyl (C=O) groups is 1. The summed E-state index contributed by atoms with van der Waals surface area (Å²) in [6.07, 6.45) is -6.10. The van der Waals surface area contributed by atoms with Gasteiger partial charge >= 0.3 is 6.18 Å². The van der Waals surface area contributed by atoms with Crippen molar-refractivity contribution in [2.75, 3.05) is 13.6 Å². The van der Waals surface area contributed by atoms with Gasteiger partial charge < -0.3 is 15.8 Å². The molecule has 8 heteroatoms. The van der Waals surface area contributed by atoms with Gasteiger partial charge in [0.2, 0.25) is 5.91 Å². The number of amidine groups is 1. The highest BCUT2D eigenvalue weighted by molar-refractivity contribution is 5.86. The Morgan fingerprint density at radius 3 is 2.43 bits per heavy atom. The lowest BCUT2D eigenvalue weighted by Crippen LogP contribution is -2.37. The van der Waals surface area contributed by atoms with Crippen LogP contribution in [0.4, 0.5) is 13.2 Å². The molecular formula is C6H10F3N3O2. The zero-order valence-electron chi connectivity index (χ0n) is 7.38. The van der Waals surface area contributed by atoms with E-state index in [1.165, 1.54) is 0 Å². The third-order valence-corrected chi connectivity index (χ3v) is 1.31. The molecule has 0 spiro atoms. The molecule has 0 heterocycles. The van der Waals surface area contributed by atoms with Crippen LogP contribution in [-0.2, 0) is 4.79 Å². The summed E-state index contributed by atoms with van der Waals surface area (Å²) < 4.78 is 35.2. The van der Waals surface area contributed by atoms with Crippen LogP contribution in [0.2, 0.25) is 0 Å². The molecule has 0 saturated carbocycles. The van der Waals surface area contributed by atoms with E-state index in [4.69, 9.17) is 10.9 Å². The van der Waals surface area contributed by atoms with Crippen molar-refractivity contribution in [2.24, 2.45) is 10.9 Å². The predicted molar refractivity (Wildman–Crippen MR) is 41.7 cm³/mol. The minimum atomic E-state index is -4.55. The monoisotopic (exact) mass is 213 g/mol. The summed E-state index contributed by atoms with van der Waals surface area (Å²) in [5.74, 6) is -1.47. The van der Waals surface area contributed by atoms with Crippen LogP contribution in [0.15, 0.2) is 5.16 Å². The first-order valence-electron chi connectivity index (χ1n) is 3.53. The normalized spacial score (nSPS) is 12.7. The van der Waals surface area contributed by atoms with Gasteiger partial charge in [0.25, 0.3) is 0 Å². The van der Waals surface area contributed by atoms with Crippen LogP contribution in [0.1, 0.15) is 6.42 Å². The van der Waals surface area contributed by atoms with E-state index in [1.807, 2.05) is 0 Å². The van der Waals surface area contributed by atoms with E-state index >= 15 is 0 Å². The number of amides is 1. The van der Waals surface area contributed by atoms with E-state index in [0.717, 1.165) is 11.9 Å². The number of hydrogen-bond donors (Lipinski definition) is 2. The van der Waals surface area contributed by atoms with Gasteiger partial charge in [-0.05, 0) is 0 Å². The number of nitrogens with zero attached hydrogens (tertiary/aromatic N) is 2. The molecule has 0 bridgehead atoms. The third-order valence-electron chi connectivity index (χ3n) is 1.31. The van der Waals surface area contributed by atoms with E-state index < -0.39 is 18.5 Å². The predicted octanol–water partition coefficient (Wildman–Crippen LogP) is 0.144. The molecular weight excluding hydrogens is 203 g/mol. The summed E-state index contributed by atoms with van der Waals surface area (Å²) in [5, 5.41) is 10.6. The Kier molecular flexibility index (Phi) is 4.19. The van der Waals surface area contributed by atoms with Crippen molar-refractivity contribution in [3.63, 3.8) is 0 Å². The van der Waals surface area contributed by atoms with Crippen LogP contribution in [0.5, 0.6) is 0 Å². The zero-order valence-corrected chi connectivity index (χ0v) is 7.38. The van der Waals surface area contributed by atoms with Crippen LogP contribution in [-0.4, -0.2) is 41.6 Å². The molecule has 82 valence electrons. The maximum atomic E-state index is 11.7. The Bertz CT molecular complexity index is 239. The summed E-state index contributed by atoms with van der Waals surface area (Å²) in [7, 11) is 1.13. The van der Waals surface area contributed by atoms with Crippen LogP contribution >= 0.6 is 0 Å². The van der Waals surface area contributed by atoms with E-state index in [1.54, 1.807) is 0 Å². The standard InChI is InChI=1S/C6H10F3N3O2/c1-12(3-4(10)11-14)5(13)2-6(7,8)9/h14H,2-3H2,1H3,(H2,10,11). The van der Waals surface area contributed by atoms with Crippen molar-refractivity contribution in [1.29, 1.82) is 0 Å². The highest BCUT2D eigenvalue weighted by atomic mass is 19.4. The van der Waals surface area contributed by atoms with Gasteiger partial charge in [-0.3, -0.25) is 4.79 Å².